The van der Waals surface area contributed by atoms with Gasteiger partial charge in [-0.1, -0.05) is 17.7 Å². The molecule has 2 aromatic heterocycles. The summed E-state index contributed by atoms with van der Waals surface area (Å²) in [5, 5.41) is 3.65. The van der Waals surface area contributed by atoms with Crippen molar-refractivity contribution in [2.75, 3.05) is 12.4 Å². The highest BCUT2D eigenvalue weighted by Gasteiger charge is 2.08. The molecule has 0 saturated carbocycles. The van der Waals surface area contributed by atoms with E-state index in [1.54, 1.807) is 0 Å². The number of aromatic nitrogens is 3. The summed E-state index contributed by atoms with van der Waals surface area (Å²) >= 11 is 9.47. The van der Waals surface area contributed by atoms with Crippen LogP contribution < -0.4 is 5.32 Å². The van der Waals surface area contributed by atoms with Crippen molar-refractivity contribution in [3.05, 3.63) is 39.8 Å². The lowest BCUT2D eigenvalue weighted by Gasteiger charge is -1.99. The van der Waals surface area contributed by atoms with Crippen LogP contribution in [0.2, 0.25) is 5.02 Å². The zero-order valence-corrected chi connectivity index (χ0v) is 12.4. The second-order valence-corrected chi connectivity index (χ2v) is 5.29. The van der Waals surface area contributed by atoms with Gasteiger partial charge >= 0.3 is 0 Å². The molecule has 0 unspecified atom stereocenters. The lowest BCUT2D eigenvalue weighted by Crippen LogP contribution is -1.91. The Bertz CT molecular complexity index is 753. The van der Waals surface area contributed by atoms with Crippen LogP contribution in [0.25, 0.3) is 22.6 Å². The van der Waals surface area contributed by atoms with Gasteiger partial charge in [0.25, 0.3) is 0 Å². The normalized spacial score (nSPS) is 10.9. The molecule has 3 aromatic rings. The molecular weight excluding hydrogens is 328 g/mol. The van der Waals surface area contributed by atoms with Crippen molar-refractivity contribution in [3.63, 3.8) is 0 Å². The lowest BCUT2D eigenvalue weighted by molar-refractivity contribution is 1.28. The molecule has 0 aliphatic heterocycles. The van der Waals surface area contributed by atoms with E-state index in [0.717, 1.165) is 27.2 Å². The zero-order chi connectivity index (χ0) is 13.4. The van der Waals surface area contributed by atoms with Gasteiger partial charge in [-0.2, -0.15) is 0 Å². The number of hydrogen-bond donors (Lipinski definition) is 2. The van der Waals surface area contributed by atoms with E-state index >= 15 is 0 Å². The molecule has 0 aliphatic rings. The Labute approximate surface area is 123 Å². The molecule has 2 heterocycles. The highest BCUT2D eigenvalue weighted by Crippen LogP contribution is 2.28. The summed E-state index contributed by atoms with van der Waals surface area (Å²) in [4.78, 5) is 12.1. The summed E-state index contributed by atoms with van der Waals surface area (Å²) in [7, 11) is 1.83. The summed E-state index contributed by atoms with van der Waals surface area (Å²) in [5.74, 6) is 1.55. The van der Waals surface area contributed by atoms with Gasteiger partial charge in [0.2, 0.25) is 0 Å². The van der Waals surface area contributed by atoms with Crippen LogP contribution in [0.4, 0.5) is 5.82 Å². The van der Waals surface area contributed by atoms with E-state index in [4.69, 9.17) is 11.6 Å². The average molecular weight is 338 g/mol. The van der Waals surface area contributed by atoms with E-state index in [2.05, 4.69) is 36.2 Å². The maximum atomic E-state index is 6.10. The van der Waals surface area contributed by atoms with Crippen LogP contribution in [0.3, 0.4) is 0 Å². The van der Waals surface area contributed by atoms with E-state index in [0.29, 0.717) is 10.7 Å². The predicted molar refractivity (Wildman–Crippen MR) is 81.6 cm³/mol. The molecule has 0 fully saturated rings. The van der Waals surface area contributed by atoms with Gasteiger partial charge in [0.1, 0.15) is 11.6 Å². The minimum Gasteiger partial charge on any atom is -0.373 e. The van der Waals surface area contributed by atoms with E-state index in [-0.39, 0.29) is 0 Å². The fourth-order valence-electron chi connectivity index (χ4n) is 1.81. The van der Waals surface area contributed by atoms with Gasteiger partial charge in [-0.3, -0.25) is 0 Å². The molecule has 0 saturated heterocycles. The first kappa shape index (κ1) is 12.4. The SMILES string of the molecule is CNc1ccc2[nH]c(-c3ccc(Br)c(Cl)c3)nc2n1. The van der Waals surface area contributed by atoms with Crippen molar-refractivity contribution in [1.82, 2.24) is 15.0 Å². The Balaban J connectivity index is 2.11. The topological polar surface area (TPSA) is 53.6 Å². The van der Waals surface area contributed by atoms with Gasteiger partial charge in [-0.05, 0) is 40.2 Å². The first-order chi connectivity index (χ1) is 9.17. The summed E-state index contributed by atoms with van der Waals surface area (Å²) in [6, 6.07) is 9.57. The molecule has 6 heteroatoms. The van der Waals surface area contributed by atoms with Crippen LogP contribution in [0.5, 0.6) is 0 Å². The Hall–Kier alpha value is -1.59. The fraction of sp³-hybridized carbons (Fsp3) is 0.0769. The molecule has 2 N–H and O–H groups in total. The molecule has 4 nitrogen and oxygen atoms in total. The van der Waals surface area contributed by atoms with Crippen molar-refractivity contribution in [2.24, 2.45) is 0 Å². The maximum Gasteiger partial charge on any atom is 0.180 e. The molecule has 0 radical (unpaired) electrons. The van der Waals surface area contributed by atoms with Crippen molar-refractivity contribution in [3.8, 4) is 11.4 Å². The average Bonchev–Trinajstić information content (AvgIpc) is 2.84. The van der Waals surface area contributed by atoms with Crippen LogP contribution >= 0.6 is 27.5 Å². The Morgan fingerprint density at radius 3 is 2.79 bits per heavy atom. The molecule has 0 amide bonds. The van der Waals surface area contributed by atoms with Gasteiger partial charge in [-0.15, -0.1) is 0 Å². The molecule has 0 bridgehead atoms. The third kappa shape index (κ3) is 2.31. The predicted octanol–water partition coefficient (Wildman–Crippen LogP) is 4.08. The van der Waals surface area contributed by atoms with Gasteiger partial charge in [0.15, 0.2) is 5.65 Å². The number of halogens is 2. The van der Waals surface area contributed by atoms with Crippen LogP contribution in [-0.2, 0) is 0 Å². The monoisotopic (exact) mass is 336 g/mol. The third-order valence-corrected chi connectivity index (χ3v) is 4.03. The Kier molecular flexibility index (Phi) is 3.16. The van der Waals surface area contributed by atoms with Gasteiger partial charge in [-0.25, -0.2) is 9.97 Å². The number of aromatic amines is 1. The highest BCUT2D eigenvalue weighted by atomic mass is 79.9. The number of H-pyrrole nitrogens is 1. The standard InChI is InChI=1S/C13H10BrClN4/c1-16-11-5-4-10-13(18-11)19-12(17-10)7-2-3-8(14)9(15)6-7/h2-6H,1H3,(H2,16,17,18,19). The van der Waals surface area contributed by atoms with Crippen LogP contribution in [0.15, 0.2) is 34.8 Å². The van der Waals surface area contributed by atoms with Crippen LogP contribution in [0, 0.1) is 0 Å². The van der Waals surface area contributed by atoms with E-state index in [9.17, 15) is 0 Å². The lowest BCUT2D eigenvalue weighted by atomic mass is 10.2. The second-order valence-electron chi connectivity index (χ2n) is 4.03. The molecule has 19 heavy (non-hydrogen) atoms. The van der Waals surface area contributed by atoms with Gasteiger partial charge in [0, 0.05) is 17.1 Å². The Morgan fingerprint density at radius 1 is 1.21 bits per heavy atom. The van der Waals surface area contributed by atoms with E-state index in [1.807, 2.05) is 37.4 Å². The van der Waals surface area contributed by atoms with Gasteiger partial charge < -0.3 is 10.3 Å². The maximum absolute atomic E-state index is 6.10. The minimum absolute atomic E-state index is 0.654. The van der Waals surface area contributed by atoms with Crippen molar-refractivity contribution in [2.45, 2.75) is 0 Å². The van der Waals surface area contributed by atoms with E-state index in [1.165, 1.54) is 0 Å². The van der Waals surface area contributed by atoms with Crippen LogP contribution in [0.1, 0.15) is 0 Å². The first-order valence-corrected chi connectivity index (χ1v) is 6.84. The number of nitrogens with one attached hydrogen (secondary N) is 2. The van der Waals surface area contributed by atoms with Gasteiger partial charge in [0.05, 0.1) is 10.5 Å². The first-order valence-electron chi connectivity index (χ1n) is 5.67. The minimum atomic E-state index is 0.654. The summed E-state index contributed by atoms with van der Waals surface area (Å²) in [6.07, 6.45) is 0. The fourth-order valence-corrected chi connectivity index (χ4v) is 2.24. The number of nitrogens with zero attached hydrogens (tertiary/aromatic N) is 2. The van der Waals surface area contributed by atoms with Crippen LogP contribution in [-0.4, -0.2) is 22.0 Å². The molecular formula is C13H10BrClN4. The van der Waals surface area contributed by atoms with Crippen molar-refractivity contribution in [1.29, 1.82) is 0 Å². The third-order valence-electron chi connectivity index (χ3n) is 2.80. The molecule has 1 aromatic carbocycles. The van der Waals surface area contributed by atoms with Crippen molar-refractivity contribution < 1.29 is 0 Å². The number of benzene rings is 1. The number of fused-ring (bicyclic) bond motifs is 1. The highest BCUT2D eigenvalue weighted by molar-refractivity contribution is 9.10. The molecule has 3 rings (SSSR count). The molecule has 0 spiro atoms. The quantitative estimate of drug-likeness (QED) is 0.741. The van der Waals surface area contributed by atoms with Crippen molar-refractivity contribution >= 4 is 44.5 Å². The second kappa shape index (κ2) is 4.83. The molecule has 96 valence electrons. The Morgan fingerprint density at radius 2 is 2.05 bits per heavy atom. The summed E-state index contributed by atoms with van der Waals surface area (Å²) < 4.78 is 0.865. The number of imidazole rings is 1. The number of hydrogen-bond acceptors (Lipinski definition) is 3. The summed E-state index contributed by atoms with van der Waals surface area (Å²) in [6.45, 7) is 0. The zero-order valence-electron chi connectivity index (χ0n) is 10.0. The number of anilines is 1. The molecule has 0 aliphatic carbocycles. The number of pyridine rings is 1. The molecule has 0 atom stereocenters. The smallest absolute Gasteiger partial charge is 0.180 e. The number of rotatable bonds is 2. The summed E-state index contributed by atoms with van der Waals surface area (Å²) in [5.41, 5.74) is 2.51. The van der Waals surface area contributed by atoms with E-state index < -0.39 is 0 Å². The largest absolute Gasteiger partial charge is 0.373 e.